The number of benzene rings is 2. The molecule has 0 radical (unpaired) electrons. The minimum atomic E-state index is -0.483. The van der Waals surface area contributed by atoms with Crippen LogP contribution in [-0.4, -0.2) is 6.61 Å². The average Bonchev–Trinajstić information content (AvgIpc) is 2.47. The van der Waals surface area contributed by atoms with Crippen LogP contribution in [0.2, 0.25) is 5.02 Å². The second kappa shape index (κ2) is 6.73. The number of ether oxygens (including phenoxy) is 1. The third kappa shape index (κ3) is 3.50. The van der Waals surface area contributed by atoms with Crippen LogP contribution >= 0.6 is 11.6 Å². The van der Waals surface area contributed by atoms with Crippen molar-refractivity contribution in [3.05, 3.63) is 64.4 Å². The van der Waals surface area contributed by atoms with E-state index in [1.165, 1.54) is 18.2 Å². The molecule has 2 aromatic rings. The van der Waals surface area contributed by atoms with E-state index in [4.69, 9.17) is 22.1 Å². The first-order chi connectivity index (χ1) is 9.61. The molecule has 106 valence electrons. The van der Waals surface area contributed by atoms with Crippen molar-refractivity contribution in [2.24, 2.45) is 5.73 Å². The van der Waals surface area contributed by atoms with E-state index in [-0.39, 0.29) is 5.82 Å². The van der Waals surface area contributed by atoms with E-state index in [0.29, 0.717) is 17.2 Å². The first-order valence-corrected chi connectivity index (χ1v) is 6.93. The van der Waals surface area contributed by atoms with E-state index < -0.39 is 6.04 Å². The summed E-state index contributed by atoms with van der Waals surface area (Å²) in [5.74, 6) is 0.408. The van der Waals surface area contributed by atoms with Crippen LogP contribution in [0.5, 0.6) is 5.75 Å². The van der Waals surface area contributed by atoms with Gasteiger partial charge in [-0.25, -0.2) is 4.39 Å². The molecule has 1 atom stereocenters. The summed E-state index contributed by atoms with van der Waals surface area (Å²) in [6.45, 7) is 2.70. The predicted molar refractivity (Wildman–Crippen MR) is 79.7 cm³/mol. The molecule has 0 fully saturated rings. The van der Waals surface area contributed by atoms with Gasteiger partial charge in [-0.2, -0.15) is 0 Å². The third-order valence-corrected chi connectivity index (χ3v) is 3.33. The SMILES string of the molecule is CCCOc1cccc(C(N)c2cc(F)ccc2Cl)c1. The zero-order valence-electron chi connectivity index (χ0n) is 11.3. The molecule has 0 heterocycles. The van der Waals surface area contributed by atoms with Crippen LogP contribution in [0.1, 0.15) is 30.5 Å². The van der Waals surface area contributed by atoms with Crippen molar-refractivity contribution in [1.29, 1.82) is 0 Å². The monoisotopic (exact) mass is 293 g/mol. The molecule has 0 spiro atoms. The zero-order valence-corrected chi connectivity index (χ0v) is 12.0. The molecule has 0 aromatic heterocycles. The number of hydrogen-bond acceptors (Lipinski definition) is 2. The van der Waals surface area contributed by atoms with Crippen LogP contribution in [0.25, 0.3) is 0 Å². The highest BCUT2D eigenvalue weighted by atomic mass is 35.5. The van der Waals surface area contributed by atoms with Gasteiger partial charge in [-0.15, -0.1) is 0 Å². The fraction of sp³-hybridized carbons (Fsp3) is 0.250. The van der Waals surface area contributed by atoms with Crippen molar-refractivity contribution in [1.82, 2.24) is 0 Å². The summed E-state index contributed by atoms with van der Waals surface area (Å²) >= 11 is 6.09. The van der Waals surface area contributed by atoms with E-state index in [1.807, 2.05) is 31.2 Å². The lowest BCUT2D eigenvalue weighted by molar-refractivity contribution is 0.317. The molecule has 2 nitrogen and oxygen atoms in total. The van der Waals surface area contributed by atoms with Crippen molar-refractivity contribution in [2.75, 3.05) is 6.61 Å². The van der Waals surface area contributed by atoms with E-state index in [1.54, 1.807) is 0 Å². The van der Waals surface area contributed by atoms with Gasteiger partial charge in [0.2, 0.25) is 0 Å². The normalized spacial score (nSPS) is 12.2. The van der Waals surface area contributed by atoms with E-state index >= 15 is 0 Å². The summed E-state index contributed by atoms with van der Waals surface area (Å²) < 4.78 is 18.9. The van der Waals surface area contributed by atoms with Crippen molar-refractivity contribution in [3.8, 4) is 5.75 Å². The standard InChI is InChI=1S/C16H17ClFNO/c1-2-8-20-13-5-3-4-11(9-13)16(19)14-10-12(18)6-7-15(14)17/h3-7,9-10,16H,2,8,19H2,1H3. The van der Waals surface area contributed by atoms with Gasteiger partial charge in [-0.1, -0.05) is 30.7 Å². The van der Waals surface area contributed by atoms with Crippen LogP contribution in [0, 0.1) is 5.82 Å². The maximum atomic E-state index is 13.3. The topological polar surface area (TPSA) is 35.2 Å². The van der Waals surface area contributed by atoms with E-state index in [0.717, 1.165) is 17.7 Å². The summed E-state index contributed by atoms with van der Waals surface area (Å²) in [5.41, 5.74) is 7.58. The summed E-state index contributed by atoms with van der Waals surface area (Å²) in [7, 11) is 0. The fourth-order valence-corrected chi connectivity index (χ4v) is 2.19. The van der Waals surface area contributed by atoms with Crippen molar-refractivity contribution >= 4 is 11.6 Å². The van der Waals surface area contributed by atoms with E-state index in [2.05, 4.69) is 0 Å². The number of rotatable bonds is 5. The predicted octanol–water partition coefficient (Wildman–Crippen LogP) is 4.32. The average molecular weight is 294 g/mol. The third-order valence-electron chi connectivity index (χ3n) is 2.98. The minimum Gasteiger partial charge on any atom is -0.494 e. The van der Waals surface area contributed by atoms with Gasteiger partial charge in [0.15, 0.2) is 0 Å². The minimum absolute atomic E-state index is 0.349. The van der Waals surface area contributed by atoms with Gasteiger partial charge in [0, 0.05) is 5.02 Å². The number of halogens is 2. The quantitative estimate of drug-likeness (QED) is 0.891. The van der Waals surface area contributed by atoms with Crippen LogP contribution in [-0.2, 0) is 0 Å². The summed E-state index contributed by atoms with van der Waals surface area (Å²) in [4.78, 5) is 0. The molecule has 2 rings (SSSR count). The number of nitrogens with two attached hydrogens (primary N) is 1. The first-order valence-electron chi connectivity index (χ1n) is 6.55. The lowest BCUT2D eigenvalue weighted by Crippen LogP contribution is -2.13. The summed E-state index contributed by atoms with van der Waals surface area (Å²) in [6, 6.07) is 11.2. The second-order valence-corrected chi connectivity index (χ2v) is 4.97. The van der Waals surface area contributed by atoms with Crippen LogP contribution in [0.15, 0.2) is 42.5 Å². The Kier molecular flexibility index (Phi) is 4.99. The van der Waals surface area contributed by atoms with Gasteiger partial charge >= 0.3 is 0 Å². The van der Waals surface area contributed by atoms with E-state index in [9.17, 15) is 4.39 Å². The Balaban J connectivity index is 2.28. The molecule has 0 saturated heterocycles. The highest BCUT2D eigenvalue weighted by Gasteiger charge is 2.14. The maximum Gasteiger partial charge on any atom is 0.123 e. The highest BCUT2D eigenvalue weighted by Crippen LogP contribution is 2.28. The molecular weight excluding hydrogens is 277 g/mol. The first kappa shape index (κ1) is 14.8. The molecule has 1 unspecified atom stereocenters. The van der Waals surface area contributed by atoms with Gasteiger partial charge in [0.1, 0.15) is 11.6 Å². The Bertz CT molecular complexity index is 588. The number of hydrogen-bond donors (Lipinski definition) is 1. The van der Waals surface area contributed by atoms with Gasteiger partial charge < -0.3 is 10.5 Å². The van der Waals surface area contributed by atoms with Gasteiger partial charge in [-0.05, 0) is 47.9 Å². The molecule has 0 saturated carbocycles. The zero-order chi connectivity index (χ0) is 14.5. The molecule has 0 amide bonds. The molecule has 0 aliphatic rings. The largest absolute Gasteiger partial charge is 0.494 e. The van der Waals surface area contributed by atoms with Crippen LogP contribution < -0.4 is 10.5 Å². The van der Waals surface area contributed by atoms with Crippen molar-refractivity contribution in [2.45, 2.75) is 19.4 Å². The maximum absolute atomic E-state index is 13.3. The van der Waals surface area contributed by atoms with Gasteiger partial charge in [0.05, 0.1) is 12.6 Å². The molecule has 20 heavy (non-hydrogen) atoms. The Hall–Kier alpha value is -1.58. The lowest BCUT2D eigenvalue weighted by atomic mass is 9.99. The Labute approximate surface area is 123 Å². The lowest BCUT2D eigenvalue weighted by Gasteiger charge is -2.15. The Morgan fingerprint density at radius 2 is 2.05 bits per heavy atom. The molecule has 0 aliphatic carbocycles. The molecule has 2 aromatic carbocycles. The summed E-state index contributed by atoms with van der Waals surface area (Å²) in [6.07, 6.45) is 0.937. The van der Waals surface area contributed by atoms with Crippen molar-refractivity contribution in [3.63, 3.8) is 0 Å². The van der Waals surface area contributed by atoms with Crippen LogP contribution in [0.4, 0.5) is 4.39 Å². The molecule has 4 heteroatoms. The Morgan fingerprint density at radius 3 is 2.80 bits per heavy atom. The summed E-state index contributed by atoms with van der Waals surface area (Å²) in [5, 5.41) is 0.457. The molecule has 0 bridgehead atoms. The smallest absolute Gasteiger partial charge is 0.123 e. The Morgan fingerprint density at radius 1 is 1.25 bits per heavy atom. The molecule has 0 aliphatic heterocycles. The highest BCUT2D eigenvalue weighted by molar-refractivity contribution is 6.31. The van der Waals surface area contributed by atoms with Gasteiger partial charge in [-0.3, -0.25) is 0 Å². The second-order valence-electron chi connectivity index (χ2n) is 4.56. The molecular formula is C16H17ClFNO. The van der Waals surface area contributed by atoms with Gasteiger partial charge in [0.25, 0.3) is 0 Å². The van der Waals surface area contributed by atoms with Crippen LogP contribution in [0.3, 0.4) is 0 Å². The van der Waals surface area contributed by atoms with Crippen molar-refractivity contribution < 1.29 is 9.13 Å². The molecule has 2 N–H and O–H groups in total. The fourth-order valence-electron chi connectivity index (χ4n) is 1.95.